The molecular formula is C18H29N3. The van der Waals surface area contributed by atoms with Gasteiger partial charge in [-0.15, -0.1) is 0 Å². The Labute approximate surface area is 129 Å². The lowest BCUT2D eigenvalue weighted by molar-refractivity contribution is 0.190. The van der Waals surface area contributed by atoms with Gasteiger partial charge in [-0.3, -0.25) is 4.90 Å². The van der Waals surface area contributed by atoms with E-state index < -0.39 is 0 Å². The number of nitrogens with zero attached hydrogens (tertiary/aromatic N) is 2. The number of likely N-dealkylation sites (tertiary alicyclic amines) is 2. The molecule has 2 aliphatic heterocycles. The second-order valence-electron chi connectivity index (χ2n) is 6.88. The second kappa shape index (κ2) is 6.80. The van der Waals surface area contributed by atoms with Gasteiger partial charge < -0.3 is 10.2 Å². The van der Waals surface area contributed by atoms with Gasteiger partial charge in [-0.25, -0.2) is 0 Å². The number of hydrogen-bond acceptors (Lipinski definition) is 3. The van der Waals surface area contributed by atoms with Crippen LogP contribution < -0.4 is 5.32 Å². The Kier molecular flexibility index (Phi) is 4.81. The molecule has 2 aliphatic rings. The zero-order valence-corrected chi connectivity index (χ0v) is 13.5. The summed E-state index contributed by atoms with van der Waals surface area (Å²) in [5, 5.41) is 3.75. The highest BCUT2D eigenvalue weighted by atomic mass is 15.1. The second-order valence-corrected chi connectivity index (χ2v) is 6.88. The number of nitrogens with one attached hydrogen (secondary N) is 1. The fourth-order valence-electron chi connectivity index (χ4n) is 3.61. The third-order valence-electron chi connectivity index (χ3n) is 5.11. The Morgan fingerprint density at radius 2 is 2.00 bits per heavy atom. The summed E-state index contributed by atoms with van der Waals surface area (Å²) in [5.41, 5.74) is 2.75. The van der Waals surface area contributed by atoms with Crippen molar-refractivity contribution < 1.29 is 0 Å². The maximum Gasteiger partial charge on any atom is 0.0345 e. The van der Waals surface area contributed by atoms with E-state index in [9.17, 15) is 0 Å². The van der Waals surface area contributed by atoms with Gasteiger partial charge in [0.25, 0.3) is 0 Å². The van der Waals surface area contributed by atoms with Gasteiger partial charge >= 0.3 is 0 Å². The van der Waals surface area contributed by atoms with Gasteiger partial charge in [0.05, 0.1) is 0 Å². The van der Waals surface area contributed by atoms with Crippen molar-refractivity contribution in [2.45, 2.75) is 51.2 Å². The number of hydrogen-bond donors (Lipinski definition) is 1. The maximum absolute atomic E-state index is 3.75. The Bertz CT molecular complexity index is 454. The predicted molar refractivity (Wildman–Crippen MR) is 89.7 cm³/mol. The minimum absolute atomic E-state index is 0.623. The highest BCUT2D eigenvalue weighted by molar-refractivity contribution is 5.46. The molecule has 3 heteroatoms. The Hall–Kier alpha value is -1.06. The molecule has 0 radical (unpaired) electrons. The van der Waals surface area contributed by atoms with Crippen LogP contribution >= 0.6 is 0 Å². The van der Waals surface area contributed by atoms with Crippen molar-refractivity contribution >= 4 is 5.69 Å². The van der Waals surface area contributed by atoms with Gasteiger partial charge in [-0.1, -0.05) is 12.1 Å². The highest BCUT2D eigenvalue weighted by Crippen LogP contribution is 2.21. The predicted octanol–water partition coefficient (Wildman–Crippen LogP) is 3.18. The summed E-state index contributed by atoms with van der Waals surface area (Å²) < 4.78 is 0. The maximum atomic E-state index is 3.75. The zero-order chi connectivity index (χ0) is 14.7. The number of anilines is 1. The lowest BCUT2D eigenvalue weighted by Crippen LogP contribution is -2.42. The molecular weight excluding hydrogens is 258 g/mol. The SMILES string of the molecule is CC1CC(Nc2cccc(CN3CCCC3)c2)CCN1C. The molecule has 116 valence electrons. The molecule has 1 N–H and O–H groups in total. The summed E-state index contributed by atoms with van der Waals surface area (Å²) >= 11 is 0. The third kappa shape index (κ3) is 3.98. The summed E-state index contributed by atoms with van der Waals surface area (Å²) in [6, 6.07) is 10.3. The summed E-state index contributed by atoms with van der Waals surface area (Å²) in [6.07, 6.45) is 5.22. The Morgan fingerprint density at radius 1 is 1.19 bits per heavy atom. The molecule has 21 heavy (non-hydrogen) atoms. The molecule has 0 bridgehead atoms. The smallest absolute Gasteiger partial charge is 0.0345 e. The molecule has 0 saturated carbocycles. The van der Waals surface area contributed by atoms with Crippen LogP contribution in [0.3, 0.4) is 0 Å². The molecule has 0 aromatic heterocycles. The standard InChI is InChI=1S/C18H29N3/c1-15-12-18(8-11-20(15)2)19-17-7-5-6-16(13-17)14-21-9-3-4-10-21/h5-7,13,15,18-19H,3-4,8-12,14H2,1-2H3. The lowest BCUT2D eigenvalue weighted by atomic mass is 9.98. The molecule has 3 nitrogen and oxygen atoms in total. The van der Waals surface area contributed by atoms with Gasteiger partial charge in [0.2, 0.25) is 0 Å². The average molecular weight is 287 g/mol. The van der Waals surface area contributed by atoms with Crippen molar-refractivity contribution in [3.8, 4) is 0 Å². The van der Waals surface area contributed by atoms with Crippen LogP contribution in [-0.4, -0.2) is 48.6 Å². The molecule has 2 atom stereocenters. The molecule has 2 fully saturated rings. The number of rotatable bonds is 4. The van der Waals surface area contributed by atoms with Gasteiger partial charge in [0.1, 0.15) is 0 Å². The van der Waals surface area contributed by atoms with Gasteiger partial charge in [0, 0.05) is 30.9 Å². The third-order valence-corrected chi connectivity index (χ3v) is 5.11. The van der Waals surface area contributed by atoms with E-state index in [4.69, 9.17) is 0 Å². The van der Waals surface area contributed by atoms with Crippen LogP contribution in [0.25, 0.3) is 0 Å². The summed E-state index contributed by atoms with van der Waals surface area (Å²) in [6.45, 7) is 7.18. The minimum atomic E-state index is 0.623. The van der Waals surface area contributed by atoms with E-state index in [1.165, 1.54) is 56.6 Å². The normalized spacial score (nSPS) is 27.9. The van der Waals surface area contributed by atoms with Crippen LogP contribution in [0.15, 0.2) is 24.3 Å². The fraction of sp³-hybridized carbons (Fsp3) is 0.667. The van der Waals surface area contributed by atoms with Gasteiger partial charge in [-0.05, 0) is 70.4 Å². The first-order valence-corrected chi connectivity index (χ1v) is 8.49. The Morgan fingerprint density at radius 3 is 2.76 bits per heavy atom. The van der Waals surface area contributed by atoms with Crippen LogP contribution in [0, 0.1) is 0 Å². The van der Waals surface area contributed by atoms with Crippen LogP contribution in [0.4, 0.5) is 5.69 Å². The highest BCUT2D eigenvalue weighted by Gasteiger charge is 2.22. The minimum Gasteiger partial charge on any atom is -0.382 e. The molecule has 0 spiro atoms. The van der Waals surface area contributed by atoms with Crippen molar-refractivity contribution in [1.29, 1.82) is 0 Å². The molecule has 3 rings (SSSR count). The van der Waals surface area contributed by atoms with Crippen molar-refractivity contribution in [3.63, 3.8) is 0 Å². The first-order valence-electron chi connectivity index (χ1n) is 8.49. The van der Waals surface area contributed by atoms with Crippen LogP contribution in [-0.2, 0) is 6.54 Å². The molecule has 1 aromatic carbocycles. The van der Waals surface area contributed by atoms with Crippen LogP contribution in [0.1, 0.15) is 38.2 Å². The monoisotopic (exact) mass is 287 g/mol. The van der Waals surface area contributed by atoms with Crippen molar-refractivity contribution in [2.75, 3.05) is 32.0 Å². The largest absolute Gasteiger partial charge is 0.382 e. The molecule has 2 heterocycles. The van der Waals surface area contributed by atoms with E-state index in [2.05, 4.69) is 53.4 Å². The molecule has 0 aliphatic carbocycles. The van der Waals surface area contributed by atoms with E-state index in [-0.39, 0.29) is 0 Å². The average Bonchev–Trinajstić information content (AvgIpc) is 2.96. The van der Waals surface area contributed by atoms with Crippen molar-refractivity contribution in [1.82, 2.24) is 9.80 Å². The Balaban J connectivity index is 1.58. The van der Waals surface area contributed by atoms with Crippen LogP contribution in [0.2, 0.25) is 0 Å². The number of piperidine rings is 1. The van der Waals surface area contributed by atoms with Gasteiger partial charge in [-0.2, -0.15) is 0 Å². The summed E-state index contributed by atoms with van der Waals surface area (Å²) in [5.74, 6) is 0. The van der Waals surface area contributed by atoms with E-state index in [1.807, 2.05) is 0 Å². The molecule has 2 saturated heterocycles. The first kappa shape index (κ1) is 14.9. The van der Waals surface area contributed by atoms with E-state index in [0.29, 0.717) is 12.1 Å². The first-order chi connectivity index (χ1) is 10.2. The zero-order valence-electron chi connectivity index (χ0n) is 13.5. The quantitative estimate of drug-likeness (QED) is 0.917. The fourth-order valence-corrected chi connectivity index (χ4v) is 3.61. The lowest BCUT2D eigenvalue weighted by Gasteiger charge is -2.35. The summed E-state index contributed by atoms with van der Waals surface area (Å²) in [7, 11) is 2.23. The number of benzene rings is 1. The van der Waals surface area contributed by atoms with E-state index >= 15 is 0 Å². The molecule has 2 unspecified atom stereocenters. The van der Waals surface area contributed by atoms with Crippen molar-refractivity contribution in [3.05, 3.63) is 29.8 Å². The molecule has 0 amide bonds. The van der Waals surface area contributed by atoms with E-state index in [0.717, 1.165) is 6.54 Å². The topological polar surface area (TPSA) is 18.5 Å². The van der Waals surface area contributed by atoms with Crippen LogP contribution in [0.5, 0.6) is 0 Å². The van der Waals surface area contributed by atoms with Crippen molar-refractivity contribution in [2.24, 2.45) is 0 Å². The van der Waals surface area contributed by atoms with Gasteiger partial charge in [0.15, 0.2) is 0 Å². The summed E-state index contributed by atoms with van der Waals surface area (Å²) in [4.78, 5) is 5.03. The molecule has 1 aromatic rings. The van der Waals surface area contributed by atoms with E-state index in [1.54, 1.807) is 0 Å².